The van der Waals surface area contributed by atoms with Crippen LogP contribution in [0.25, 0.3) is 0 Å². The molecule has 20 heavy (non-hydrogen) atoms. The maximum absolute atomic E-state index is 11.6. The highest BCUT2D eigenvalue weighted by molar-refractivity contribution is 7.99. The largest absolute Gasteiger partial charge is 0.388 e. The van der Waals surface area contributed by atoms with Gasteiger partial charge < -0.3 is 5.11 Å². The van der Waals surface area contributed by atoms with Crippen molar-refractivity contribution < 1.29 is 5.11 Å². The van der Waals surface area contributed by atoms with Crippen LogP contribution in [0.3, 0.4) is 0 Å². The Hall–Kier alpha value is -1.53. The molecule has 2 rings (SSSR count). The van der Waals surface area contributed by atoms with E-state index in [-0.39, 0.29) is 5.69 Å². The molecule has 0 aliphatic heterocycles. The number of aromatic nitrogens is 3. The fraction of sp³-hybridized carbons (Fsp3) is 0.429. The first-order valence-corrected chi connectivity index (χ1v) is 7.63. The lowest BCUT2D eigenvalue weighted by Gasteiger charge is -2.10. The van der Waals surface area contributed by atoms with E-state index in [1.165, 1.54) is 11.8 Å². The number of aliphatic hydroxyl groups excluding tert-OH is 1. The summed E-state index contributed by atoms with van der Waals surface area (Å²) in [5.41, 5.74) is 1.85. The van der Waals surface area contributed by atoms with Gasteiger partial charge in [-0.25, -0.2) is 9.89 Å². The molecule has 0 saturated heterocycles. The number of nitrogens with zero attached hydrogens (tertiary/aromatic N) is 2. The van der Waals surface area contributed by atoms with Gasteiger partial charge in [0.2, 0.25) is 0 Å². The molecular formula is C14H19N3O2S. The van der Waals surface area contributed by atoms with Crippen LogP contribution in [0.15, 0.2) is 34.2 Å². The van der Waals surface area contributed by atoms with E-state index >= 15 is 0 Å². The Kier molecular flexibility index (Phi) is 5.03. The zero-order valence-electron chi connectivity index (χ0n) is 11.7. The van der Waals surface area contributed by atoms with Crippen molar-refractivity contribution in [2.45, 2.75) is 38.1 Å². The molecule has 1 aromatic carbocycles. The molecule has 1 aromatic heterocycles. The molecule has 0 fully saturated rings. The average Bonchev–Trinajstić information content (AvgIpc) is 2.79. The first-order valence-electron chi connectivity index (χ1n) is 6.64. The monoisotopic (exact) mass is 293 g/mol. The normalized spacial score (nSPS) is 12.6. The van der Waals surface area contributed by atoms with E-state index in [2.05, 4.69) is 10.2 Å². The Morgan fingerprint density at radius 3 is 2.75 bits per heavy atom. The third kappa shape index (κ3) is 3.52. The van der Waals surface area contributed by atoms with Crippen molar-refractivity contribution in [2.75, 3.05) is 5.75 Å². The number of H-pyrrole nitrogens is 1. The van der Waals surface area contributed by atoms with Gasteiger partial charge in [-0.3, -0.25) is 4.57 Å². The van der Waals surface area contributed by atoms with E-state index in [0.717, 1.165) is 17.5 Å². The Morgan fingerprint density at radius 2 is 2.10 bits per heavy atom. The van der Waals surface area contributed by atoms with E-state index in [4.69, 9.17) is 0 Å². The van der Waals surface area contributed by atoms with Crippen LogP contribution >= 0.6 is 11.8 Å². The minimum absolute atomic E-state index is 0.195. The van der Waals surface area contributed by atoms with Crippen LogP contribution in [-0.4, -0.2) is 25.6 Å². The number of nitrogens with one attached hydrogen (secondary N) is 1. The highest BCUT2D eigenvalue weighted by atomic mass is 32.2. The molecule has 0 aliphatic carbocycles. The zero-order valence-corrected chi connectivity index (χ0v) is 12.5. The first kappa shape index (κ1) is 14.9. The van der Waals surface area contributed by atoms with Crippen molar-refractivity contribution >= 4 is 11.8 Å². The summed E-state index contributed by atoms with van der Waals surface area (Å²) in [5, 5.41) is 17.2. The van der Waals surface area contributed by atoms with E-state index < -0.39 is 6.10 Å². The maximum atomic E-state index is 11.6. The predicted molar refractivity (Wildman–Crippen MR) is 80.0 cm³/mol. The molecule has 6 heteroatoms. The second kappa shape index (κ2) is 6.76. The smallest absolute Gasteiger partial charge is 0.343 e. The van der Waals surface area contributed by atoms with E-state index in [0.29, 0.717) is 17.5 Å². The minimum Gasteiger partial charge on any atom is -0.388 e. The van der Waals surface area contributed by atoms with Crippen LogP contribution in [0.4, 0.5) is 0 Å². The van der Waals surface area contributed by atoms with Gasteiger partial charge in [0.25, 0.3) is 0 Å². The van der Waals surface area contributed by atoms with Crippen LogP contribution in [0, 0.1) is 6.92 Å². The lowest BCUT2D eigenvalue weighted by Crippen LogP contribution is -2.17. The third-order valence-corrected chi connectivity index (χ3v) is 4.06. The molecule has 0 spiro atoms. The summed E-state index contributed by atoms with van der Waals surface area (Å²) in [7, 11) is 0. The molecular weight excluding hydrogens is 274 g/mol. The van der Waals surface area contributed by atoms with Gasteiger partial charge in [0.05, 0.1) is 6.10 Å². The number of thioether (sulfide) groups is 1. The maximum Gasteiger partial charge on any atom is 0.343 e. The first-order chi connectivity index (χ1) is 9.61. The summed E-state index contributed by atoms with van der Waals surface area (Å²) in [6.07, 6.45) is 0.301. The number of rotatable bonds is 6. The lowest BCUT2D eigenvalue weighted by molar-refractivity contribution is 0.204. The average molecular weight is 293 g/mol. The fourth-order valence-electron chi connectivity index (χ4n) is 1.87. The van der Waals surface area contributed by atoms with Gasteiger partial charge in [-0.2, -0.15) is 0 Å². The minimum atomic E-state index is -0.567. The van der Waals surface area contributed by atoms with E-state index in [9.17, 15) is 9.90 Å². The summed E-state index contributed by atoms with van der Waals surface area (Å²) < 4.78 is 1.60. The van der Waals surface area contributed by atoms with E-state index in [1.54, 1.807) is 4.57 Å². The molecule has 5 nitrogen and oxygen atoms in total. The number of aryl methyl sites for hydroxylation is 1. The lowest BCUT2D eigenvalue weighted by atomic mass is 10.1. The van der Waals surface area contributed by atoms with Gasteiger partial charge in [0, 0.05) is 12.3 Å². The van der Waals surface area contributed by atoms with Crippen molar-refractivity contribution in [3.63, 3.8) is 0 Å². The van der Waals surface area contributed by atoms with Gasteiger partial charge in [-0.1, -0.05) is 48.5 Å². The van der Waals surface area contributed by atoms with Crippen molar-refractivity contribution in [3.05, 3.63) is 45.9 Å². The van der Waals surface area contributed by atoms with Crippen LogP contribution in [-0.2, 0) is 6.54 Å². The topological polar surface area (TPSA) is 70.9 Å². The summed E-state index contributed by atoms with van der Waals surface area (Å²) in [6, 6.07) is 7.80. The number of hydrogen-bond donors (Lipinski definition) is 2. The Bertz CT molecular complexity index is 604. The standard InChI is InChI=1S/C14H19N3O2S/c1-3-8-17-13(19)15-16-14(17)20-9-12(18)11-6-4-10(2)5-7-11/h4-7,12,18H,3,8-9H2,1-2H3,(H,15,19). The molecule has 2 N–H and O–H groups in total. The van der Waals surface area contributed by atoms with Gasteiger partial charge in [0.15, 0.2) is 5.16 Å². The molecule has 0 radical (unpaired) electrons. The summed E-state index contributed by atoms with van der Waals surface area (Å²) >= 11 is 1.39. The predicted octanol–water partition coefficient (Wildman–Crippen LogP) is 2.12. The van der Waals surface area contributed by atoms with Crippen LogP contribution in [0.5, 0.6) is 0 Å². The molecule has 0 saturated carbocycles. The highest BCUT2D eigenvalue weighted by Gasteiger charge is 2.12. The Morgan fingerprint density at radius 1 is 1.40 bits per heavy atom. The summed E-state index contributed by atoms with van der Waals surface area (Å²) in [4.78, 5) is 11.6. The molecule has 0 bridgehead atoms. The number of aromatic amines is 1. The number of benzene rings is 1. The van der Waals surface area contributed by atoms with Crippen LogP contribution in [0.1, 0.15) is 30.6 Å². The van der Waals surface area contributed by atoms with Crippen molar-refractivity contribution in [3.8, 4) is 0 Å². The fourth-order valence-corrected chi connectivity index (χ4v) is 2.81. The van der Waals surface area contributed by atoms with Crippen LogP contribution in [0.2, 0.25) is 0 Å². The number of hydrogen-bond acceptors (Lipinski definition) is 4. The Labute approximate surface area is 122 Å². The van der Waals surface area contributed by atoms with Gasteiger partial charge >= 0.3 is 5.69 Å². The molecule has 0 amide bonds. The van der Waals surface area contributed by atoms with Gasteiger partial charge in [-0.15, -0.1) is 5.10 Å². The molecule has 1 atom stereocenters. The van der Waals surface area contributed by atoms with E-state index in [1.807, 2.05) is 38.1 Å². The molecule has 2 aromatic rings. The van der Waals surface area contributed by atoms with Crippen molar-refractivity contribution in [1.29, 1.82) is 0 Å². The van der Waals surface area contributed by atoms with Crippen molar-refractivity contribution in [2.24, 2.45) is 0 Å². The number of aliphatic hydroxyl groups is 1. The third-order valence-electron chi connectivity index (χ3n) is 3.00. The van der Waals surface area contributed by atoms with Crippen molar-refractivity contribution in [1.82, 2.24) is 14.8 Å². The zero-order chi connectivity index (χ0) is 14.5. The second-order valence-electron chi connectivity index (χ2n) is 4.70. The molecule has 1 unspecified atom stereocenters. The molecule has 108 valence electrons. The molecule has 1 heterocycles. The molecule has 0 aliphatic rings. The Balaban J connectivity index is 2.01. The van der Waals surface area contributed by atoms with Gasteiger partial charge in [0.1, 0.15) is 0 Å². The second-order valence-corrected chi connectivity index (χ2v) is 5.69. The highest BCUT2D eigenvalue weighted by Crippen LogP contribution is 2.22. The summed E-state index contributed by atoms with van der Waals surface area (Å²) in [6.45, 7) is 4.66. The van der Waals surface area contributed by atoms with Gasteiger partial charge in [-0.05, 0) is 18.9 Å². The quantitative estimate of drug-likeness (QED) is 0.800. The summed E-state index contributed by atoms with van der Waals surface area (Å²) in [5.74, 6) is 0.469. The van der Waals surface area contributed by atoms with Crippen LogP contribution < -0.4 is 5.69 Å². The SMILES string of the molecule is CCCn1c(SCC(O)c2ccc(C)cc2)n[nH]c1=O.